The number of nitrogens with one attached hydrogen (secondary N) is 1. The van der Waals surface area contributed by atoms with Gasteiger partial charge in [0.2, 0.25) is 5.82 Å². The quantitative estimate of drug-likeness (QED) is 0.585. The smallest absolute Gasteiger partial charge is 0.316 e. The van der Waals surface area contributed by atoms with Crippen LogP contribution in [0.2, 0.25) is 0 Å². The van der Waals surface area contributed by atoms with E-state index in [-0.39, 0.29) is 11.7 Å². The number of amides is 1. The number of aryl methyl sites for hydroxylation is 3. The van der Waals surface area contributed by atoms with E-state index in [9.17, 15) is 4.79 Å². The second kappa shape index (κ2) is 6.72. The Hall–Kier alpha value is -3.41. The zero-order chi connectivity index (χ0) is 19.0. The van der Waals surface area contributed by atoms with Crippen molar-refractivity contribution in [1.82, 2.24) is 15.5 Å². The van der Waals surface area contributed by atoms with Crippen LogP contribution in [0.4, 0.5) is 0 Å². The second-order valence-electron chi connectivity index (χ2n) is 6.59. The Labute approximate surface area is 156 Å². The number of nitrogens with zero attached hydrogens (tertiary/aromatic N) is 2. The van der Waals surface area contributed by atoms with E-state index >= 15 is 0 Å². The molecule has 0 saturated heterocycles. The number of carbonyl (C=O) groups is 1. The van der Waals surface area contributed by atoms with E-state index in [4.69, 9.17) is 8.94 Å². The lowest BCUT2D eigenvalue weighted by Gasteiger charge is -2.05. The van der Waals surface area contributed by atoms with Gasteiger partial charge in [-0.25, -0.2) is 0 Å². The van der Waals surface area contributed by atoms with Crippen LogP contribution >= 0.6 is 0 Å². The van der Waals surface area contributed by atoms with Gasteiger partial charge in [-0.05, 0) is 44.0 Å². The van der Waals surface area contributed by atoms with E-state index in [1.807, 2.05) is 63.2 Å². The molecule has 2 heterocycles. The summed E-state index contributed by atoms with van der Waals surface area (Å²) >= 11 is 0. The first-order chi connectivity index (χ1) is 13.0. The molecule has 0 atom stereocenters. The van der Waals surface area contributed by atoms with E-state index in [2.05, 4.69) is 15.5 Å². The fourth-order valence-electron chi connectivity index (χ4n) is 3.02. The van der Waals surface area contributed by atoms with Crippen molar-refractivity contribution in [3.63, 3.8) is 0 Å². The minimum absolute atomic E-state index is 0.0883. The van der Waals surface area contributed by atoms with Crippen LogP contribution in [0.1, 0.15) is 32.9 Å². The molecule has 0 saturated carbocycles. The Bertz CT molecular complexity index is 1140. The van der Waals surface area contributed by atoms with Crippen molar-refractivity contribution in [2.24, 2.45) is 0 Å². The number of hydrogen-bond acceptors (Lipinski definition) is 5. The average molecular weight is 361 g/mol. The van der Waals surface area contributed by atoms with Crippen LogP contribution in [0, 0.1) is 20.8 Å². The number of furan rings is 1. The molecular formula is C21H19N3O3. The molecule has 6 nitrogen and oxygen atoms in total. The van der Waals surface area contributed by atoms with Gasteiger partial charge in [-0.2, -0.15) is 4.98 Å². The monoisotopic (exact) mass is 361 g/mol. The van der Waals surface area contributed by atoms with Crippen molar-refractivity contribution >= 4 is 16.9 Å². The van der Waals surface area contributed by atoms with E-state index in [1.165, 1.54) is 0 Å². The molecular weight excluding hydrogens is 342 g/mol. The number of carbonyl (C=O) groups excluding carboxylic acids is 1. The Morgan fingerprint density at radius 2 is 1.93 bits per heavy atom. The van der Waals surface area contributed by atoms with E-state index in [0.717, 1.165) is 33.2 Å². The number of fused-ring (bicyclic) bond motifs is 1. The Morgan fingerprint density at radius 1 is 1.11 bits per heavy atom. The Kier molecular flexibility index (Phi) is 4.24. The van der Waals surface area contributed by atoms with Crippen molar-refractivity contribution < 1.29 is 13.7 Å². The number of hydrogen-bond donors (Lipinski definition) is 1. The molecule has 0 aliphatic carbocycles. The highest BCUT2D eigenvalue weighted by Crippen LogP contribution is 2.31. The number of benzene rings is 2. The van der Waals surface area contributed by atoms with Gasteiger partial charge in [0, 0.05) is 17.5 Å². The summed E-state index contributed by atoms with van der Waals surface area (Å²) in [6.07, 6.45) is 0. The molecule has 0 aliphatic heterocycles. The molecule has 4 rings (SSSR count). The summed E-state index contributed by atoms with van der Waals surface area (Å²) in [5, 5.41) is 7.72. The molecule has 2 aromatic carbocycles. The molecule has 0 bridgehead atoms. The predicted molar refractivity (Wildman–Crippen MR) is 101 cm³/mol. The second-order valence-corrected chi connectivity index (χ2v) is 6.59. The van der Waals surface area contributed by atoms with Crippen molar-refractivity contribution in [2.75, 3.05) is 0 Å². The van der Waals surface area contributed by atoms with E-state index in [0.29, 0.717) is 12.3 Å². The van der Waals surface area contributed by atoms with Crippen LogP contribution in [-0.4, -0.2) is 16.0 Å². The zero-order valence-electron chi connectivity index (χ0n) is 15.4. The van der Waals surface area contributed by atoms with Gasteiger partial charge in [0.1, 0.15) is 5.58 Å². The summed E-state index contributed by atoms with van der Waals surface area (Å²) in [6, 6.07) is 13.8. The van der Waals surface area contributed by atoms with Crippen LogP contribution in [0.15, 0.2) is 51.4 Å². The molecule has 0 unspecified atom stereocenters. The largest absolute Gasteiger partial charge is 0.452 e. The maximum absolute atomic E-state index is 12.3. The molecule has 0 spiro atoms. The maximum Gasteiger partial charge on any atom is 0.316 e. The highest BCUT2D eigenvalue weighted by atomic mass is 16.5. The predicted octanol–water partition coefficient (Wildman–Crippen LogP) is 4.34. The lowest BCUT2D eigenvalue weighted by atomic mass is 10.1. The molecule has 0 radical (unpaired) electrons. The van der Waals surface area contributed by atoms with Crippen LogP contribution in [-0.2, 0) is 6.54 Å². The zero-order valence-corrected chi connectivity index (χ0v) is 15.4. The van der Waals surface area contributed by atoms with Crippen LogP contribution in [0.25, 0.3) is 22.6 Å². The summed E-state index contributed by atoms with van der Waals surface area (Å²) in [5.41, 5.74) is 4.96. The minimum Gasteiger partial charge on any atom is -0.452 e. The highest BCUT2D eigenvalue weighted by Gasteiger charge is 2.21. The molecule has 6 heteroatoms. The van der Waals surface area contributed by atoms with Gasteiger partial charge >= 0.3 is 11.8 Å². The van der Waals surface area contributed by atoms with Gasteiger partial charge in [-0.1, -0.05) is 41.1 Å². The van der Waals surface area contributed by atoms with Crippen molar-refractivity contribution in [2.45, 2.75) is 27.3 Å². The van der Waals surface area contributed by atoms with Crippen LogP contribution in [0.5, 0.6) is 0 Å². The first-order valence-corrected chi connectivity index (χ1v) is 8.69. The SMILES string of the molecule is Cc1ccc2oc(-c3noc(C(=O)NCc4ccccc4C)n3)c(C)c2c1. The van der Waals surface area contributed by atoms with E-state index in [1.54, 1.807) is 0 Å². The molecule has 27 heavy (non-hydrogen) atoms. The van der Waals surface area contributed by atoms with Crippen molar-refractivity contribution in [3.8, 4) is 11.6 Å². The third kappa shape index (κ3) is 3.21. The normalized spacial score (nSPS) is 11.1. The molecule has 1 N–H and O–H groups in total. The molecule has 2 aromatic heterocycles. The fourth-order valence-corrected chi connectivity index (χ4v) is 3.02. The molecule has 1 amide bonds. The van der Waals surface area contributed by atoms with Gasteiger partial charge in [0.05, 0.1) is 0 Å². The fraction of sp³-hybridized carbons (Fsp3) is 0.190. The summed E-state index contributed by atoms with van der Waals surface area (Å²) in [4.78, 5) is 16.5. The Morgan fingerprint density at radius 3 is 2.74 bits per heavy atom. The molecule has 4 aromatic rings. The first-order valence-electron chi connectivity index (χ1n) is 8.69. The Balaban J connectivity index is 1.56. The van der Waals surface area contributed by atoms with Gasteiger partial charge in [0.15, 0.2) is 5.76 Å². The van der Waals surface area contributed by atoms with Crippen molar-refractivity contribution in [3.05, 3.63) is 70.6 Å². The molecule has 136 valence electrons. The summed E-state index contributed by atoms with van der Waals surface area (Å²) < 4.78 is 11.0. The van der Waals surface area contributed by atoms with Gasteiger partial charge in [0.25, 0.3) is 0 Å². The summed E-state index contributed by atoms with van der Waals surface area (Å²) in [7, 11) is 0. The highest BCUT2D eigenvalue weighted by molar-refractivity contribution is 5.90. The minimum atomic E-state index is -0.415. The third-order valence-corrected chi connectivity index (χ3v) is 4.62. The number of rotatable bonds is 4. The van der Waals surface area contributed by atoms with Gasteiger partial charge in [-0.3, -0.25) is 4.79 Å². The van der Waals surface area contributed by atoms with Gasteiger partial charge in [-0.15, -0.1) is 0 Å². The topological polar surface area (TPSA) is 81.2 Å². The average Bonchev–Trinajstić information content (AvgIpc) is 3.26. The summed E-state index contributed by atoms with van der Waals surface area (Å²) in [5.74, 6) is 0.274. The van der Waals surface area contributed by atoms with Crippen LogP contribution in [0.3, 0.4) is 0 Å². The first kappa shape index (κ1) is 17.0. The third-order valence-electron chi connectivity index (χ3n) is 4.62. The molecule has 0 aliphatic rings. The number of aromatic nitrogens is 2. The lowest BCUT2D eigenvalue weighted by molar-refractivity contribution is 0.0907. The molecule has 0 fully saturated rings. The maximum atomic E-state index is 12.3. The van der Waals surface area contributed by atoms with E-state index < -0.39 is 5.91 Å². The van der Waals surface area contributed by atoms with Crippen molar-refractivity contribution in [1.29, 1.82) is 0 Å². The summed E-state index contributed by atoms with van der Waals surface area (Å²) in [6.45, 7) is 6.36. The lowest BCUT2D eigenvalue weighted by Crippen LogP contribution is -2.23. The standard InChI is InChI=1S/C21H19N3O3/c1-12-8-9-17-16(10-12)14(3)18(26-17)19-23-21(27-24-19)20(25)22-11-15-7-5-4-6-13(15)2/h4-10H,11H2,1-3H3,(H,22,25). The van der Waals surface area contributed by atoms with Gasteiger partial charge < -0.3 is 14.3 Å². The van der Waals surface area contributed by atoms with Crippen LogP contribution < -0.4 is 5.32 Å².